The number of nitrogens with zero attached hydrogens (tertiary/aromatic N) is 2. The van der Waals surface area contributed by atoms with Crippen LogP contribution in [-0.4, -0.2) is 9.97 Å². The summed E-state index contributed by atoms with van der Waals surface area (Å²) < 4.78 is 0. The van der Waals surface area contributed by atoms with Gasteiger partial charge < -0.3 is 0 Å². The van der Waals surface area contributed by atoms with E-state index in [2.05, 4.69) is 48.9 Å². The highest BCUT2D eigenvalue weighted by atomic mass is 14.8. The van der Waals surface area contributed by atoms with Crippen LogP contribution in [0, 0.1) is 6.92 Å². The van der Waals surface area contributed by atoms with Gasteiger partial charge in [0.2, 0.25) is 0 Å². The van der Waals surface area contributed by atoms with Crippen LogP contribution in [0.15, 0.2) is 18.2 Å². The van der Waals surface area contributed by atoms with Gasteiger partial charge in [-0.25, -0.2) is 9.97 Å². The molecular formula is C13H16N2. The van der Waals surface area contributed by atoms with Gasteiger partial charge in [-0.05, 0) is 37.5 Å². The van der Waals surface area contributed by atoms with Gasteiger partial charge in [0.25, 0.3) is 0 Å². The van der Waals surface area contributed by atoms with E-state index in [0.29, 0.717) is 0 Å². The van der Waals surface area contributed by atoms with Crippen molar-refractivity contribution in [2.45, 2.75) is 33.6 Å². The van der Waals surface area contributed by atoms with Gasteiger partial charge in [0.15, 0.2) is 0 Å². The summed E-state index contributed by atoms with van der Waals surface area (Å²) in [4.78, 5) is 9.31. The molecule has 1 heterocycles. The summed E-state index contributed by atoms with van der Waals surface area (Å²) in [5.74, 6) is 0. The summed E-state index contributed by atoms with van der Waals surface area (Å²) in [5, 5.41) is 0. The Kier molecular flexibility index (Phi) is 2.67. The van der Waals surface area contributed by atoms with E-state index in [0.717, 1.165) is 35.3 Å². The predicted octanol–water partition coefficient (Wildman–Crippen LogP) is 3.06. The van der Waals surface area contributed by atoms with Gasteiger partial charge in [-0.3, -0.25) is 0 Å². The normalized spacial score (nSPS) is 10.9. The van der Waals surface area contributed by atoms with Crippen molar-refractivity contribution in [3.63, 3.8) is 0 Å². The number of rotatable bonds is 2. The Morgan fingerprint density at radius 2 is 1.53 bits per heavy atom. The van der Waals surface area contributed by atoms with E-state index >= 15 is 0 Å². The van der Waals surface area contributed by atoms with E-state index in [4.69, 9.17) is 0 Å². The van der Waals surface area contributed by atoms with E-state index in [1.165, 1.54) is 5.56 Å². The molecule has 0 aliphatic heterocycles. The number of aryl methyl sites for hydroxylation is 3. The Bertz CT molecular complexity index is 489. The van der Waals surface area contributed by atoms with Crippen LogP contribution in [0.2, 0.25) is 0 Å². The van der Waals surface area contributed by atoms with Crippen molar-refractivity contribution in [2.75, 3.05) is 0 Å². The van der Waals surface area contributed by atoms with Gasteiger partial charge in [-0.1, -0.05) is 19.9 Å². The molecule has 1 aromatic heterocycles. The van der Waals surface area contributed by atoms with Crippen molar-refractivity contribution >= 4 is 11.0 Å². The van der Waals surface area contributed by atoms with Crippen LogP contribution in [0.5, 0.6) is 0 Å². The molecule has 0 unspecified atom stereocenters. The lowest BCUT2D eigenvalue weighted by molar-refractivity contribution is 0.930. The quantitative estimate of drug-likeness (QED) is 0.744. The fraction of sp³-hybridized carbons (Fsp3) is 0.385. The zero-order valence-electron chi connectivity index (χ0n) is 9.54. The van der Waals surface area contributed by atoms with Gasteiger partial charge in [-0.2, -0.15) is 0 Å². The fourth-order valence-electron chi connectivity index (χ4n) is 1.80. The summed E-state index contributed by atoms with van der Waals surface area (Å²) in [6.45, 7) is 6.34. The standard InChI is InChI=1S/C13H16N2/c1-4-10-11(5-2)15-13-8-9(3)6-7-12(13)14-10/h6-8H,4-5H2,1-3H3. The predicted molar refractivity (Wildman–Crippen MR) is 63.0 cm³/mol. The van der Waals surface area contributed by atoms with Crippen LogP contribution < -0.4 is 0 Å². The SMILES string of the molecule is CCc1nc2ccc(C)cc2nc1CC. The third-order valence-corrected chi connectivity index (χ3v) is 2.64. The van der Waals surface area contributed by atoms with Crippen LogP contribution >= 0.6 is 0 Å². The second kappa shape index (κ2) is 3.97. The lowest BCUT2D eigenvalue weighted by atomic mass is 10.1. The van der Waals surface area contributed by atoms with Gasteiger partial charge in [-0.15, -0.1) is 0 Å². The molecule has 1 aromatic carbocycles. The van der Waals surface area contributed by atoms with Gasteiger partial charge in [0.1, 0.15) is 0 Å². The van der Waals surface area contributed by atoms with Crippen LogP contribution in [-0.2, 0) is 12.8 Å². The van der Waals surface area contributed by atoms with Crippen LogP contribution in [0.4, 0.5) is 0 Å². The molecule has 78 valence electrons. The Morgan fingerprint density at radius 1 is 0.933 bits per heavy atom. The number of fused-ring (bicyclic) bond motifs is 1. The number of hydrogen-bond acceptors (Lipinski definition) is 2. The Morgan fingerprint density at radius 3 is 2.13 bits per heavy atom. The number of benzene rings is 1. The summed E-state index contributed by atoms with van der Waals surface area (Å²) >= 11 is 0. The van der Waals surface area contributed by atoms with Crippen molar-refractivity contribution in [3.8, 4) is 0 Å². The Labute approximate surface area is 90.4 Å². The summed E-state index contributed by atoms with van der Waals surface area (Å²) in [7, 11) is 0. The summed E-state index contributed by atoms with van der Waals surface area (Å²) in [6.07, 6.45) is 1.92. The van der Waals surface area contributed by atoms with Crippen molar-refractivity contribution in [3.05, 3.63) is 35.2 Å². The smallest absolute Gasteiger partial charge is 0.0893 e. The molecule has 2 rings (SSSR count). The molecule has 0 aliphatic rings. The minimum absolute atomic E-state index is 0.958. The highest BCUT2D eigenvalue weighted by Gasteiger charge is 2.05. The van der Waals surface area contributed by atoms with Crippen molar-refractivity contribution in [1.82, 2.24) is 9.97 Å². The number of hydrogen-bond donors (Lipinski definition) is 0. The second-order valence-electron chi connectivity index (χ2n) is 3.82. The second-order valence-corrected chi connectivity index (χ2v) is 3.82. The molecule has 0 saturated heterocycles. The molecule has 0 radical (unpaired) electrons. The third-order valence-electron chi connectivity index (χ3n) is 2.64. The molecule has 0 aliphatic carbocycles. The minimum Gasteiger partial charge on any atom is -0.249 e. The third kappa shape index (κ3) is 1.84. The molecule has 0 saturated carbocycles. The first-order valence-corrected chi connectivity index (χ1v) is 5.50. The van der Waals surface area contributed by atoms with Gasteiger partial charge in [0.05, 0.1) is 22.4 Å². The zero-order chi connectivity index (χ0) is 10.8. The fourth-order valence-corrected chi connectivity index (χ4v) is 1.80. The first-order valence-electron chi connectivity index (χ1n) is 5.50. The van der Waals surface area contributed by atoms with E-state index in [9.17, 15) is 0 Å². The minimum atomic E-state index is 0.958. The van der Waals surface area contributed by atoms with E-state index < -0.39 is 0 Å². The highest BCUT2D eigenvalue weighted by molar-refractivity contribution is 5.75. The van der Waals surface area contributed by atoms with Crippen molar-refractivity contribution < 1.29 is 0 Å². The molecule has 2 aromatic rings. The monoisotopic (exact) mass is 200 g/mol. The molecular weight excluding hydrogens is 184 g/mol. The maximum Gasteiger partial charge on any atom is 0.0893 e. The highest BCUT2D eigenvalue weighted by Crippen LogP contribution is 2.15. The first-order chi connectivity index (χ1) is 7.24. The molecule has 2 nitrogen and oxygen atoms in total. The first kappa shape index (κ1) is 10.1. The van der Waals surface area contributed by atoms with E-state index in [-0.39, 0.29) is 0 Å². The molecule has 0 amide bonds. The largest absolute Gasteiger partial charge is 0.249 e. The Balaban J connectivity index is 2.69. The van der Waals surface area contributed by atoms with Crippen LogP contribution in [0.3, 0.4) is 0 Å². The molecule has 0 bridgehead atoms. The van der Waals surface area contributed by atoms with Crippen molar-refractivity contribution in [2.24, 2.45) is 0 Å². The average molecular weight is 200 g/mol. The maximum absolute atomic E-state index is 4.66. The lowest BCUT2D eigenvalue weighted by Crippen LogP contribution is -2.00. The summed E-state index contributed by atoms with van der Waals surface area (Å²) in [6, 6.07) is 6.24. The zero-order valence-corrected chi connectivity index (χ0v) is 9.54. The van der Waals surface area contributed by atoms with Crippen LogP contribution in [0.1, 0.15) is 30.8 Å². The molecule has 2 heteroatoms. The maximum atomic E-state index is 4.66. The lowest BCUT2D eigenvalue weighted by Gasteiger charge is -2.06. The number of aromatic nitrogens is 2. The molecule has 0 atom stereocenters. The van der Waals surface area contributed by atoms with Gasteiger partial charge in [0, 0.05) is 0 Å². The average Bonchev–Trinajstić information content (AvgIpc) is 2.27. The van der Waals surface area contributed by atoms with E-state index in [1.807, 2.05) is 0 Å². The molecule has 0 N–H and O–H groups in total. The van der Waals surface area contributed by atoms with Gasteiger partial charge >= 0.3 is 0 Å². The molecule has 15 heavy (non-hydrogen) atoms. The van der Waals surface area contributed by atoms with E-state index in [1.54, 1.807) is 0 Å². The summed E-state index contributed by atoms with van der Waals surface area (Å²) in [5.41, 5.74) is 5.53. The Hall–Kier alpha value is -1.44. The molecule has 0 fully saturated rings. The van der Waals surface area contributed by atoms with Crippen molar-refractivity contribution in [1.29, 1.82) is 0 Å². The van der Waals surface area contributed by atoms with Crippen LogP contribution in [0.25, 0.3) is 11.0 Å². The molecule has 0 spiro atoms. The topological polar surface area (TPSA) is 25.8 Å².